The first-order chi connectivity index (χ1) is 9.31. The van der Waals surface area contributed by atoms with Crippen molar-refractivity contribution < 1.29 is 14.4 Å². The molecule has 1 heterocycles. The molecule has 5 heteroatoms. The second kappa shape index (κ2) is 5.54. The second-order valence-corrected chi connectivity index (χ2v) is 7.07. The summed E-state index contributed by atoms with van der Waals surface area (Å²) in [5.74, 6) is 0.536. The van der Waals surface area contributed by atoms with Gasteiger partial charge in [-0.3, -0.25) is 4.79 Å². The SMILES string of the molecule is CC(C)(C)c1noc(CC2(CC(=O)O)CCCCC2)n1. The van der Waals surface area contributed by atoms with Gasteiger partial charge in [-0.25, -0.2) is 0 Å². The molecule has 1 aliphatic carbocycles. The third kappa shape index (κ3) is 3.58. The minimum Gasteiger partial charge on any atom is -0.481 e. The smallest absolute Gasteiger partial charge is 0.303 e. The number of carbonyl (C=O) groups is 1. The highest BCUT2D eigenvalue weighted by molar-refractivity contribution is 5.67. The van der Waals surface area contributed by atoms with Crippen molar-refractivity contribution in [2.45, 2.75) is 71.1 Å². The molecule has 0 bridgehead atoms. The minimum atomic E-state index is -0.734. The first-order valence-corrected chi connectivity index (χ1v) is 7.36. The molecule has 1 saturated carbocycles. The maximum Gasteiger partial charge on any atom is 0.303 e. The summed E-state index contributed by atoms with van der Waals surface area (Å²) in [7, 11) is 0. The van der Waals surface area contributed by atoms with Gasteiger partial charge in [-0.1, -0.05) is 45.2 Å². The summed E-state index contributed by atoms with van der Waals surface area (Å²) in [5.41, 5.74) is -0.347. The van der Waals surface area contributed by atoms with Gasteiger partial charge in [0.1, 0.15) is 0 Å². The van der Waals surface area contributed by atoms with Gasteiger partial charge >= 0.3 is 5.97 Å². The lowest BCUT2D eigenvalue weighted by Crippen LogP contribution is -2.30. The van der Waals surface area contributed by atoms with Crippen LogP contribution in [-0.4, -0.2) is 21.2 Å². The van der Waals surface area contributed by atoms with Crippen molar-refractivity contribution in [2.24, 2.45) is 5.41 Å². The van der Waals surface area contributed by atoms with Crippen LogP contribution in [0.15, 0.2) is 4.52 Å². The van der Waals surface area contributed by atoms with Crippen molar-refractivity contribution in [3.63, 3.8) is 0 Å². The van der Waals surface area contributed by atoms with Crippen LogP contribution in [0.1, 0.15) is 71.0 Å². The van der Waals surface area contributed by atoms with Gasteiger partial charge in [-0.2, -0.15) is 4.98 Å². The quantitative estimate of drug-likeness (QED) is 0.915. The average Bonchev–Trinajstić information content (AvgIpc) is 2.77. The van der Waals surface area contributed by atoms with E-state index in [2.05, 4.69) is 10.1 Å². The van der Waals surface area contributed by atoms with Crippen LogP contribution in [-0.2, 0) is 16.6 Å². The molecule has 0 amide bonds. The fraction of sp³-hybridized carbons (Fsp3) is 0.800. The van der Waals surface area contributed by atoms with Crippen LogP contribution in [0.2, 0.25) is 0 Å². The predicted molar refractivity (Wildman–Crippen MR) is 74.5 cm³/mol. The van der Waals surface area contributed by atoms with Gasteiger partial charge in [0.05, 0.1) is 6.42 Å². The molecule has 112 valence electrons. The Bertz CT molecular complexity index is 468. The normalized spacial score (nSPS) is 18.9. The number of aliphatic carboxylic acids is 1. The first-order valence-electron chi connectivity index (χ1n) is 7.36. The van der Waals surface area contributed by atoms with E-state index in [1.165, 1.54) is 6.42 Å². The molecule has 1 aromatic heterocycles. The highest BCUT2D eigenvalue weighted by atomic mass is 16.5. The first kappa shape index (κ1) is 15.0. The summed E-state index contributed by atoms with van der Waals surface area (Å²) >= 11 is 0. The van der Waals surface area contributed by atoms with Gasteiger partial charge in [0, 0.05) is 11.8 Å². The van der Waals surface area contributed by atoms with Crippen LogP contribution in [0.5, 0.6) is 0 Å². The summed E-state index contributed by atoms with van der Waals surface area (Å²) in [6.07, 6.45) is 6.03. The van der Waals surface area contributed by atoms with Crippen LogP contribution < -0.4 is 0 Å². The molecule has 2 rings (SSSR count). The zero-order chi connectivity index (χ0) is 14.8. The Kier molecular flexibility index (Phi) is 4.16. The van der Waals surface area contributed by atoms with E-state index in [0.717, 1.165) is 25.7 Å². The number of carboxylic acids is 1. The lowest BCUT2D eigenvalue weighted by atomic mass is 9.69. The van der Waals surface area contributed by atoms with Crippen LogP contribution in [0.3, 0.4) is 0 Å². The van der Waals surface area contributed by atoms with Gasteiger partial charge in [-0.05, 0) is 18.3 Å². The zero-order valence-corrected chi connectivity index (χ0v) is 12.6. The lowest BCUT2D eigenvalue weighted by molar-refractivity contribution is -0.140. The molecule has 0 aliphatic heterocycles. The van der Waals surface area contributed by atoms with Gasteiger partial charge in [0.15, 0.2) is 5.82 Å². The van der Waals surface area contributed by atoms with Gasteiger partial charge in [0.25, 0.3) is 0 Å². The topological polar surface area (TPSA) is 76.2 Å². The largest absolute Gasteiger partial charge is 0.481 e. The van der Waals surface area contributed by atoms with Crippen molar-refractivity contribution in [1.82, 2.24) is 10.1 Å². The van der Waals surface area contributed by atoms with E-state index < -0.39 is 5.97 Å². The summed E-state index contributed by atoms with van der Waals surface area (Å²) in [5, 5.41) is 13.2. The zero-order valence-electron chi connectivity index (χ0n) is 12.6. The molecule has 1 N–H and O–H groups in total. The van der Waals surface area contributed by atoms with E-state index in [0.29, 0.717) is 18.1 Å². The van der Waals surface area contributed by atoms with Gasteiger partial charge in [-0.15, -0.1) is 0 Å². The molecule has 0 spiro atoms. The van der Waals surface area contributed by atoms with Crippen molar-refractivity contribution in [2.75, 3.05) is 0 Å². The number of nitrogens with zero attached hydrogens (tertiary/aromatic N) is 2. The second-order valence-electron chi connectivity index (χ2n) is 7.07. The predicted octanol–water partition coefficient (Wildman–Crippen LogP) is 3.33. The molecule has 5 nitrogen and oxygen atoms in total. The molecule has 20 heavy (non-hydrogen) atoms. The average molecular weight is 280 g/mol. The molecule has 0 radical (unpaired) electrons. The van der Waals surface area contributed by atoms with E-state index in [4.69, 9.17) is 4.52 Å². The molecule has 0 saturated heterocycles. The molecule has 1 aromatic rings. The van der Waals surface area contributed by atoms with Crippen molar-refractivity contribution in [3.05, 3.63) is 11.7 Å². The molecule has 1 fully saturated rings. The highest BCUT2D eigenvalue weighted by Crippen LogP contribution is 2.42. The number of hydrogen-bond donors (Lipinski definition) is 1. The molecule has 1 aliphatic rings. The number of aromatic nitrogens is 2. The van der Waals surface area contributed by atoms with Crippen LogP contribution in [0, 0.1) is 5.41 Å². The summed E-state index contributed by atoms with van der Waals surface area (Å²) in [4.78, 5) is 15.6. The molecule has 0 aromatic carbocycles. The maximum absolute atomic E-state index is 11.2. The third-order valence-corrected chi connectivity index (χ3v) is 4.11. The van der Waals surface area contributed by atoms with Gasteiger partial charge in [0.2, 0.25) is 5.89 Å². The Labute approximate surface area is 119 Å². The Morgan fingerprint density at radius 3 is 2.45 bits per heavy atom. The van der Waals surface area contributed by atoms with E-state index in [9.17, 15) is 9.90 Å². The van der Waals surface area contributed by atoms with Gasteiger partial charge < -0.3 is 9.63 Å². The Balaban J connectivity index is 2.15. The number of hydrogen-bond acceptors (Lipinski definition) is 4. The number of rotatable bonds is 4. The lowest BCUT2D eigenvalue weighted by Gasteiger charge is -2.34. The van der Waals surface area contributed by atoms with E-state index >= 15 is 0 Å². The third-order valence-electron chi connectivity index (χ3n) is 4.11. The minimum absolute atomic E-state index is 0.145. The Hall–Kier alpha value is -1.39. The van der Waals surface area contributed by atoms with Crippen molar-refractivity contribution >= 4 is 5.97 Å². The highest BCUT2D eigenvalue weighted by Gasteiger charge is 2.36. The van der Waals surface area contributed by atoms with Crippen molar-refractivity contribution in [3.8, 4) is 0 Å². The standard InChI is InChI=1S/C15H24N2O3/c1-14(2,3)13-16-11(20-17-13)9-15(10-12(18)19)7-5-4-6-8-15/h4-10H2,1-3H3,(H,18,19). The maximum atomic E-state index is 11.2. The Morgan fingerprint density at radius 1 is 1.30 bits per heavy atom. The fourth-order valence-electron chi connectivity index (χ4n) is 2.99. The van der Waals surface area contributed by atoms with E-state index in [1.807, 2.05) is 20.8 Å². The monoisotopic (exact) mass is 280 g/mol. The summed E-state index contributed by atoms with van der Waals surface area (Å²) in [6.45, 7) is 6.11. The Morgan fingerprint density at radius 2 is 1.95 bits per heavy atom. The van der Waals surface area contributed by atoms with Crippen LogP contribution >= 0.6 is 0 Å². The molecule has 0 atom stereocenters. The van der Waals surface area contributed by atoms with Crippen molar-refractivity contribution in [1.29, 1.82) is 0 Å². The van der Waals surface area contributed by atoms with E-state index in [1.54, 1.807) is 0 Å². The molecular weight excluding hydrogens is 256 g/mol. The molecule has 0 unspecified atom stereocenters. The van der Waals surface area contributed by atoms with E-state index in [-0.39, 0.29) is 17.3 Å². The fourth-order valence-corrected chi connectivity index (χ4v) is 2.99. The molecular formula is C15H24N2O3. The van der Waals surface area contributed by atoms with Crippen LogP contribution in [0.4, 0.5) is 0 Å². The summed E-state index contributed by atoms with van der Waals surface area (Å²) in [6, 6.07) is 0. The number of carboxylic acid groups (broad SMARTS) is 1. The summed E-state index contributed by atoms with van der Waals surface area (Å²) < 4.78 is 5.35. The van der Waals surface area contributed by atoms with Crippen LogP contribution in [0.25, 0.3) is 0 Å².